The first-order valence-electron chi connectivity index (χ1n) is 5.74. The van der Waals surface area contributed by atoms with Crippen molar-refractivity contribution in [3.8, 4) is 11.5 Å². The predicted molar refractivity (Wildman–Crippen MR) is 61.0 cm³/mol. The summed E-state index contributed by atoms with van der Waals surface area (Å²) in [4.78, 5) is 10.5. The van der Waals surface area contributed by atoms with Crippen molar-refractivity contribution in [3.05, 3.63) is 23.8 Å². The number of phenols is 1. The predicted octanol–water partition coefficient (Wildman–Crippen LogP) is 2.92. The van der Waals surface area contributed by atoms with Gasteiger partial charge >= 0.3 is 0 Å². The van der Waals surface area contributed by atoms with Crippen LogP contribution in [0.2, 0.25) is 0 Å². The minimum absolute atomic E-state index is 0.0108. The molecule has 0 amide bonds. The van der Waals surface area contributed by atoms with Crippen LogP contribution in [-0.2, 0) is 0 Å². The molecule has 0 aliphatic heterocycles. The van der Waals surface area contributed by atoms with Crippen LogP contribution in [0.5, 0.6) is 11.5 Å². The van der Waals surface area contributed by atoms with Crippen molar-refractivity contribution in [2.24, 2.45) is 0 Å². The Morgan fingerprint density at radius 2 is 2.00 bits per heavy atom. The van der Waals surface area contributed by atoms with Crippen LogP contribution in [0.4, 0.5) is 0 Å². The van der Waals surface area contributed by atoms with Gasteiger partial charge in [0.05, 0.1) is 11.7 Å². The zero-order valence-electron chi connectivity index (χ0n) is 9.19. The molecular formula is C13H16O3. The van der Waals surface area contributed by atoms with Crippen LogP contribution < -0.4 is 4.74 Å². The summed E-state index contributed by atoms with van der Waals surface area (Å²) in [6, 6.07) is 4.83. The van der Waals surface area contributed by atoms with Gasteiger partial charge in [-0.25, -0.2) is 0 Å². The number of benzene rings is 1. The van der Waals surface area contributed by atoms with E-state index in [2.05, 4.69) is 0 Å². The second-order valence-corrected chi connectivity index (χ2v) is 4.22. The maximum atomic E-state index is 10.5. The molecule has 0 unspecified atom stereocenters. The number of hydrogen-bond donors (Lipinski definition) is 1. The lowest BCUT2D eigenvalue weighted by Crippen LogP contribution is -2.19. The lowest BCUT2D eigenvalue weighted by atomic mass is 9.98. The van der Waals surface area contributed by atoms with E-state index >= 15 is 0 Å². The molecule has 0 saturated heterocycles. The van der Waals surface area contributed by atoms with E-state index in [1.54, 1.807) is 12.1 Å². The molecular weight excluding hydrogens is 204 g/mol. The highest BCUT2D eigenvalue weighted by molar-refractivity contribution is 5.79. The molecule has 86 valence electrons. The molecule has 1 fully saturated rings. The maximum absolute atomic E-state index is 10.5. The first-order valence-corrected chi connectivity index (χ1v) is 5.74. The quantitative estimate of drug-likeness (QED) is 0.797. The molecule has 3 nitrogen and oxygen atoms in total. The van der Waals surface area contributed by atoms with Gasteiger partial charge in [-0.05, 0) is 37.8 Å². The number of ether oxygens (including phenoxy) is 1. The Balaban J connectivity index is 2.03. The summed E-state index contributed by atoms with van der Waals surface area (Å²) in [6.07, 6.45) is 6.77. The van der Waals surface area contributed by atoms with Crippen LogP contribution in [-0.4, -0.2) is 17.5 Å². The van der Waals surface area contributed by atoms with Gasteiger partial charge in [-0.3, -0.25) is 4.79 Å². The highest BCUT2D eigenvalue weighted by atomic mass is 16.5. The summed E-state index contributed by atoms with van der Waals surface area (Å²) in [5.41, 5.74) is 0.302. The van der Waals surface area contributed by atoms with Crippen molar-refractivity contribution in [1.82, 2.24) is 0 Å². The highest BCUT2D eigenvalue weighted by Crippen LogP contribution is 2.27. The molecule has 16 heavy (non-hydrogen) atoms. The summed E-state index contributed by atoms with van der Waals surface area (Å²) in [5.74, 6) is 0.637. The fraction of sp³-hybridized carbons (Fsp3) is 0.462. The van der Waals surface area contributed by atoms with Gasteiger partial charge in [0.1, 0.15) is 11.5 Å². The molecule has 0 atom stereocenters. The summed E-state index contributed by atoms with van der Waals surface area (Å²) in [6.45, 7) is 0. The van der Waals surface area contributed by atoms with Gasteiger partial charge in [-0.15, -0.1) is 0 Å². The number of rotatable bonds is 3. The first-order chi connectivity index (χ1) is 7.79. The van der Waals surface area contributed by atoms with Gasteiger partial charge in [-0.2, -0.15) is 0 Å². The largest absolute Gasteiger partial charge is 0.507 e. The van der Waals surface area contributed by atoms with Crippen molar-refractivity contribution in [2.45, 2.75) is 38.2 Å². The molecule has 0 spiro atoms. The first kappa shape index (κ1) is 11.0. The third-order valence-electron chi connectivity index (χ3n) is 2.98. The van der Waals surface area contributed by atoms with Crippen molar-refractivity contribution in [3.63, 3.8) is 0 Å². The van der Waals surface area contributed by atoms with Gasteiger partial charge < -0.3 is 9.84 Å². The zero-order chi connectivity index (χ0) is 11.4. The molecule has 1 N–H and O–H groups in total. The summed E-state index contributed by atoms with van der Waals surface area (Å²) in [7, 11) is 0. The fourth-order valence-electron chi connectivity index (χ4n) is 2.07. The lowest BCUT2D eigenvalue weighted by Gasteiger charge is -2.23. The lowest BCUT2D eigenvalue weighted by molar-refractivity contribution is 0.112. The van der Waals surface area contributed by atoms with E-state index in [4.69, 9.17) is 4.74 Å². The average molecular weight is 220 g/mol. The SMILES string of the molecule is O=Cc1ccc(OC2CCCCC2)cc1O. The second-order valence-electron chi connectivity index (χ2n) is 4.22. The number of carbonyl (C=O) groups is 1. The summed E-state index contributed by atoms with van der Waals surface area (Å²) >= 11 is 0. The van der Waals surface area contributed by atoms with E-state index in [9.17, 15) is 9.90 Å². The van der Waals surface area contributed by atoms with Crippen LogP contribution in [0.25, 0.3) is 0 Å². The Hall–Kier alpha value is -1.51. The summed E-state index contributed by atoms with van der Waals surface area (Å²) in [5, 5.41) is 9.51. The van der Waals surface area contributed by atoms with Crippen LogP contribution in [0.3, 0.4) is 0 Å². The van der Waals surface area contributed by atoms with Crippen molar-refractivity contribution >= 4 is 6.29 Å². The molecule has 0 bridgehead atoms. The van der Waals surface area contributed by atoms with E-state index in [1.807, 2.05) is 0 Å². The number of phenolic OH excluding ortho intramolecular Hbond substituents is 1. The molecule has 1 saturated carbocycles. The molecule has 2 rings (SSSR count). The highest BCUT2D eigenvalue weighted by Gasteiger charge is 2.15. The minimum Gasteiger partial charge on any atom is -0.507 e. The third-order valence-corrected chi connectivity index (χ3v) is 2.98. The van der Waals surface area contributed by atoms with Crippen molar-refractivity contribution in [2.75, 3.05) is 0 Å². The van der Waals surface area contributed by atoms with Gasteiger partial charge in [-0.1, -0.05) is 6.42 Å². The second kappa shape index (κ2) is 5.01. The Bertz CT molecular complexity index is 367. The third kappa shape index (κ3) is 2.54. The van der Waals surface area contributed by atoms with E-state index in [-0.39, 0.29) is 11.9 Å². The van der Waals surface area contributed by atoms with Gasteiger partial charge in [0.2, 0.25) is 0 Å². The fourth-order valence-corrected chi connectivity index (χ4v) is 2.07. The van der Waals surface area contributed by atoms with E-state index in [0.29, 0.717) is 17.6 Å². The van der Waals surface area contributed by atoms with Crippen LogP contribution in [0.15, 0.2) is 18.2 Å². The smallest absolute Gasteiger partial charge is 0.153 e. The Kier molecular flexibility index (Phi) is 3.44. The van der Waals surface area contributed by atoms with Gasteiger partial charge in [0.25, 0.3) is 0 Å². The minimum atomic E-state index is -0.0108. The molecule has 0 heterocycles. The van der Waals surface area contributed by atoms with Gasteiger partial charge in [0, 0.05) is 6.07 Å². The number of aldehydes is 1. The number of hydrogen-bond acceptors (Lipinski definition) is 3. The standard InChI is InChI=1S/C13H16O3/c14-9-10-6-7-12(8-13(10)15)16-11-4-2-1-3-5-11/h6-9,11,15H,1-5H2. The average Bonchev–Trinajstić information content (AvgIpc) is 2.31. The normalized spacial score (nSPS) is 17.0. The molecule has 1 aliphatic carbocycles. The van der Waals surface area contributed by atoms with E-state index < -0.39 is 0 Å². The number of carbonyl (C=O) groups excluding carboxylic acids is 1. The topological polar surface area (TPSA) is 46.5 Å². The van der Waals surface area contributed by atoms with E-state index in [1.165, 1.54) is 25.3 Å². The van der Waals surface area contributed by atoms with Crippen LogP contribution in [0, 0.1) is 0 Å². The van der Waals surface area contributed by atoms with Gasteiger partial charge in [0.15, 0.2) is 6.29 Å². The Labute approximate surface area is 95.0 Å². The zero-order valence-corrected chi connectivity index (χ0v) is 9.19. The molecule has 0 aromatic heterocycles. The van der Waals surface area contributed by atoms with Crippen LogP contribution >= 0.6 is 0 Å². The number of aromatic hydroxyl groups is 1. The summed E-state index contributed by atoms with van der Waals surface area (Å²) < 4.78 is 5.76. The Morgan fingerprint density at radius 3 is 2.62 bits per heavy atom. The Morgan fingerprint density at radius 1 is 1.25 bits per heavy atom. The molecule has 3 heteroatoms. The monoisotopic (exact) mass is 220 g/mol. The van der Waals surface area contributed by atoms with Crippen LogP contribution in [0.1, 0.15) is 42.5 Å². The molecule has 1 aromatic rings. The molecule has 1 aliphatic rings. The molecule has 1 aromatic carbocycles. The van der Waals surface area contributed by atoms with E-state index in [0.717, 1.165) is 12.8 Å². The van der Waals surface area contributed by atoms with Crippen molar-refractivity contribution < 1.29 is 14.6 Å². The van der Waals surface area contributed by atoms with Crippen molar-refractivity contribution in [1.29, 1.82) is 0 Å². The maximum Gasteiger partial charge on any atom is 0.153 e. The molecule has 0 radical (unpaired) electrons.